The van der Waals surface area contributed by atoms with Gasteiger partial charge < -0.3 is 20.3 Å². The number of amides is 3. The Morgan fingerprint density at radius 3 is 2.80 bits per heavy atom. The van der Waals surface area contributed by atoms with E-state index in [9.17, 15) is 9.59 Å². The van der Waals surface area contributed by atoms with Gasteiger partial charge in [0, 0.05) is 33.3 Å². The van der Waals surface area contributed by atoms with Crippen LogP contribution in [0.2, 0.25) is 0 Å². The Bertz CT molecular complexity index is 589. The van der Waals surface area contributed by atoms with Gasteiger partial charge in [-0.3, -0.25) is 4.79 Å². The minimum absolute atomic E-state index is 0.0562. The quantitative estimate of drug-likeness (QED) is 0.821. The molecule has 1 aliphatic rings. The maximum Gasteiger partial charge on any atom is 0.314 e. The van der Waals surface area contributed by atoms with Gasteiger partial charge in [-0.25, -0.2) is 4.79 Å². The molecule has 2 rings (SSSR count). The molecule has 0 aliphatic carbocycles. The van der Waals surface area contributed by atoms with E-state index in [1.165, 1.54) is 0 Å². The summed E-state index contributed by atoms with van der Waals surface area (Å²) in [4.78, 5) is 27.6. The number of urea groups is 1. The van der Waals surface area contributed by atoms with Gasteiger partial charge in [0.1, 0.15) is 0 Å². The average molecular weight is 345 g/mol. The minimum Gasteiger partial charge on any atom is -0.383 e. The number of nitrogens with zero attached hydrogens (tertiary/aromatic N) is 2. The van der Waals surface area contributed by atoms with Crippen molar-refractivity contribution in [2.24, 2.45) is 11.7 Å². The van der Waals surface area contributed by atoms with E-state index in [1.54, 1.807) is 16.9 Å². The van der Waals surface area contributed by atoms with E-state index < -0.39 is 6.03 Å². The molecule has 0 saturated carbocycles. The van der Waals surface area contributed by atoms with E-state index >= 15 is 0 Å². The first-order valence-electron chi connectivity index (χ1n) is 8.65. The number of carbonyl (C=O) groups is 2. The molecule has 1 aromatic rings. The van der Waals surface area contributed by atoms with Crippen molar-refractivity contribution in [3.63, 3.8) is 0 Å². The second-order valence-electron chi connectivity index (χ2n) is 6.21. The Labute approximate surface area is 149 Å². The molecule has 6 nitrogen and oxygen atoms in total. The maximum absolute atomic E-state index is 12.9. The van der Waals surface area contributed by atoms with Crippen LogP contribution in [0, 0.1) is 5.92 Å². The second kappa shape index (κ2) is 9.84. The maximum atomic E-state index is 12.9. The van der Waals surface area contributed by atoms with Gasteiger partial charge in [0.05, 0.1) is 12.5 Å². The molecule has 0 bridgehead atoms. The van der Waals surface area contributed by atoms with Crippen LogP contribution >= 0.6 is 0 Å². The van der Waals surface area contributed by atoms with E-state index in [2.05, 4.69) is 0 Å². The molecule has 1 aliphatic heterocycles. The highest BCUT2D eigenvalue weighted by molar-refractivity contribution is 5.81. The van der Waals surface area contributed by atoms with E-state index in [4.69, 9.17) is 10.5 Å². The molecule has 1 saturated heterocycles. The summed E-state index contributed by atoms with van der Waals surface area (Å²) in [6.07, 6.45) is 5.58. The molecule has 136 valence electrons. The molecule has 3 amide bonds. The summed E-state index contributed by atoms with van der Waals surface area (Å²) >= 11 is 0. The number of rotatable bonds is 7. The number of nitrogens with two attached hydrogens (primary N) is 1. The van der Waals surface area contributed by atoms with E-state index in [0.717, 1.165) is 18.4 Å². The number of hydrogen-bond donors (Lipinski definition) is 1. The number of methoxy groups -OCH3 is 1. The van der Waals surface area contributed by atoms with Crippen LogP contribution in [-0.2, 0) is 9.53 Å². The molecule has 1 heterocycles. The number of ether oxygens (including phenoxy) is 1. The molecule has 1 aromatic carbocycles. The summed E-state index contributed by atoms with van der Waals surface area (Å²) in [5, 5.41) is 0. The van der Waals surface area contributed by atoms with Gasteiger partial charge in [0.15, 0.2) is 0 Å². The summed E-state index contributed by atoms with van der Waals surface area (Å²) in [6, 6.07) is 9.51. The number of benzene rings is 1. The van der Waals surface area contributed by atoms with Crippen LogP contribution in [0.5, 0.6) is 0 Å². The van der Waals surface area contributed by atoms with Gasteiger partial charge in [-0.1, -0.05) is 42.5 Å². The molecule has 2 N–H and O–H groups in total. The largest absolute Gasteiger partial charge is 0.383 e. The zero-order valence-corrected chi connectivity index (χ0v) is 14.8. The molecule has 25 heavy (non-hydrogen) atoms. The zero-order valence-electron chi connectivity index (χ0n) is 14.8. The zero-order chi connectivity index (χ0) is 18.1. The monoisotopic (exact) mass is 345 g/mol. The second-order valence-corrected chi connectivity index (χ2v) is 6.21. The van der Waals surface area contributed by atoms with Crippen LogP contribution in [-0.4, -0.2) is 61.6 Å². The predicted octanol–water partition coefficient (Wildman–Crippen LogP) is 1.97. The van der Waals surface area contributed by atoms with Crippen molar-refractivity contribution in [2.75, 3.05) is 39.9 Å². The summed E-state index contributed by atoms with van der Waals surface area (Å²) in [5.41, 5.74) is 6.46. The normalized spacial score (nSPS) is 17.6. The van der Waals surface area contributed by atoms with Crippen molar-refractivity contribution in [3.05, 3.63) is 42.0 Å². The third-order valence-electron chi connectivity index (χ3n) is 4.39. The van der Waals surface area contributed by atoms with Crippen molar-refractivity contribution >= 4 is 18.0 Å². The fourth-order valence-electron chi connectivity index (χ4n) is 3.01. The van der Waals surface area contributed by atoms with Crippen molar-refractivity contribution in [1.29, 1.82) is 0 Å². The number of piperidine rings is 1. The smallest absolute Gasteiger partial charge is 0.314 e. The third-order valence-corrected chi connectivity index (χ3v) is 4.39. The van der Waals surface area contributed by atoms with Crippen molar-refractivity contribution in [1.82, 2.24) is 9.80 Å². The van der Waals surface area contributed by atoms with Crippen LogP contribution in [0.4, 0.5) is 4.79 Å². The molecule has 1 fully saturated rings. The van der Waals surface area contributed by atoms with Gasteiger partial charge in [-0.15, -0.1) is 0 Å². The van der Waals surface area contributed by atoms with Crippen molar-refractivity contribution < 1.29 is 14.3 Å². The molecular weight excluding hydrogens is 318 g/mol. The standard InChI is InChI=1S/C19H27N3O3/c1-25-14-13-21(11-5-9-16-7-3-2-4-8-16)18(23)17-10-6-12-22(15-17)19(20)24/h2-5,7-9,17H,6,10-15H2,1H3,(H2,20,24)/b9-5+/t17-/m1/s1. The van der Waals surface area contributed by atoms with Gasteiger partial charge >= 0.3 is 6.03 Å². The fourth-order valence-corrected chi connectivity index (χ4v) is 3.01. The fraction of sp³-hybridized carbons (Fsp3) is 0.474. The Morgan fingerprint density at radius 1 is 1.36 bits per heavy atom. The summed E-state index contributed by atoms with van der Waals surface area (Å²) in [6.45, 7) is 2.56. The lowest BCUT2D eigenvalue weighted by molar-refractivity contribution is -0.137. The van der Waals surface area contributed by atoms with Gasteiger partial charge in [-0.2, -0.15) is 0 Å². The lowest BCUT2D eigenvalue weighted by Gasteiger charge is -2.33. The van der Waals surface area contributed by atoms with Crippen molar-refractivity contribution in [3.8, 4) is 0 Å². The van der Waals surface area contributed by atoms with Crippen LogP contribution in [0.1, 0.15) is 18.4 Å². The first-order chi connectivity index (χ1) is 12.1. The first-order valence-corrected chi connectivity index (χ1v) is 8.65. The summed E-state index contributed by atoms with van der Waals surface area (Å²) < 4.78 is 5.13. The first kappa shape index (κ1) is 19.0. The van der Waals surface area contributed by atoms with E-state index in [-0.39, 0.29) is 11.8 Å². The van der Waals surface area contributed by atoms with Gasteiger partial charge in [0.25, 0.3) is 0 Å². The molecule has 0 aromatic heterocycles. The topological polar surface area (TPSA) is 75.9 Å². The Kier molecular flexibility index (Phi) is 7.47. The van der Waals surface area contributed by atoms with Gasteiger partial charge in [-0.05, 0) is 18.4 Å². The lowest BCUT2D eigenvalue weighted by Crippen LogP contribution is -2.48. The lowest BCUT2D eigenvalue weighted by atomic mass is 9.96. The highest BCUT2D eigenvalue weighted by Crippen LogP contribution is 2.19. The summed E-state index contributed by atoms with van der Waals surface area (Å²) in [7, 11) is 1.62. The van der Waals surface area contributed by atoms with E-state index in [0.29, 0.717) is 32.8 Å². The highest BCUT2D eigenvalue weighted by Gasteiger charge is 2.30. The predicted molar refractivity (Wildman–Crippen MR) is 97.8 cm³/mol. The Hall–Kier alpha value is -2.34. The molecule has 6 heteroatoms. The molecule has 0 spiro atoms. The minimum atomic E-state index is -0.454. The number of carbonyl (C=O) groups excluding carboxylic acids is 2. The summed E-state index contributed by atoms with van der Waals surface area (Å²) in [5.74, 6) is -0.135. The Balaban J connectivity index is 1.98. The third kappa shape index (κ3) is 5.90. The molecule has 1 atom stereocenters. The number of hydrogen-bond acceptors (Lipinski definition) is 3. The number of likely N-dealkylation sites (tertiary alicyclic amines) is 1. The molecule has 0 radical (unpaired) electrons. The molecular formula is C19H27N3O3. The average Bonchev–Trinajstić information content (AvgIpc) is 2.65. The molecule has 0 unspecified atom stereocenters. The van der Waals surface area contributed by atoms with Crippen LogP contribution in [0.3, 0.4) is 0 Å². The highest BCUT2D eigenvalue weighted by atomic mass is 16.5. The van der Waals surface area contributed by atoms with Crippen LogP contribution in [0.25, 0.3) is 6.08 Å². The Morgan fingerprint density at radius 2 is 2.12 bits per heavy atom. The van der Waals surface area contributed by atoms with Crippen molar-refractivity contribution in [2.45, 2.75) is 12.8 Å². The van der Waals surface area contributed by atoms with Crippen LogP contribution < -0.4 is 5.73 Å². The number of primary amides is 1. The SMILES string of the molecule is COCCN(C/C=C/c1ccccc1)C(=O)[C@@H]1CCCN(C(N)=O)C1. The van der Waals surface area contributed by atoms with E-state index in [1.807, 2.05) is 42.5 Å². The van der Waals surface area contributed by atoms with Gasteiger partial charge in [0.2, 0.25) is 5.91 Å². The van der Waals surface area contributed by atoms with Crippen LogP contribution in [0.15, 0.2) is 36.4 Å².